The van der Waals surface area contributed by atoms with Crippen LogP contribution in [0.4, 0.5) is 11.4 Å². The third-order valence-corrected chi connectivity index (χ3v) is 3.46. The van der Waals surface area contributed by atoms with Gasteiger partial charge in [0.2, 0.25) is 0 Å². The van der Waals surface area contributed by atoms with E-state index in [4.69, 9.17) is 0 Å². The fourth-order valence-electron chi connectivity index (χ4n) is 1.53. The highest BCUT2D eigenvalue weighted by atomic mass is 32.2. The molecule has 0 unspecified atom stereocenters. The van der Waals surface area contributed by atoms with Crippen LogP contribution in [-0.2, 0) is 0 Å². The molecule has 0 spiro atoms. The van der Waals surface area contributed by atoms with Crippen molar-refractivity contribution in [3.8, 4) is 0 Å². The minimum absolute atomic E-state index is 0.283. The van der Waals surface area contributed by atoms with E-state index in [1.807, 2.05) is 0 Å². The molecule has 0 aromatic heterocycles. The van der Waals surface area contributed by atoms with Gasteiger partial charge in [0.1, 0.15) is 0 Å². The van der Waals surface area contributed by atoms with E-state index in [1.54, 1.807) is 0 Å². The average Bonchev–Trinajstić information content (AvgIpc) is 2.39. The smallest absolute Gasteiger partial charge is 0.290 e. The molecule has 0 atom stereocenters. The summed E-state index contributed by atoms with van der Waals surface area (Å²) in [6, 6.07) is 3.59. The molecular formula is C10H10N4O4S. The Morgan fingerprint density at radius 3 is 2.63 bits per heavy atom. The summed E-state index contributed by atoms with van der Waals surface area (Å²) in [5, 5.41) is 25.2. The van der Waals surface area contributed by atoms with Crippen LogP contribution >= 0.6 is 11.8 Å². The number of non-ortho nitro benzene ring substituents is 1. The first kappa shape index (κ1) is 13.3. The SMILES string of the molecule is O=[N+]([O-])c1ccc(SC2=NCCCN2)c([N+](=O)[O-])c1. The molecule has 1 N–H and O–H groups in total. The second kappa shape index (κ2) is 5.65. The van der Waals surface area contributed by atoms with Gasteiger partial charge in [-0.1, -0.05) is 0 Å². The van der Waals surface area contributed by atoms with E-state index >= 15 is 0 Å². The highest BCUT2D eigenvalue weighted by Gasteiger charge is 2.21. The minimum Gasteiger partial charge on any atom is -0.365 e. The third-order valence-electron chi connectivity index (χ3n) is 2.42. The lowest BCUT2D eigenvalue weighted by atomic mass is 10.3. The summed E-state index contributed by atoms with van der Waals surface area (Å²) >= 11 is 1.11. The molecule has 2 rings (SSSR count). The number of nitrogens with zero attached hydrogens (tertiary/aromatic N) is 3. The van der Waals surface area contributed by atoms with Crippen molar-refractivity contribution in [2.75, 3.05) is 13.1 Å². The zero-order chi connectivity index (χ0) is 13.8. The average molecular weight is 282 g/mol. The molecule has 0 aliphatic carbocycles. The summed E-state index contributed by atoms with van der Waals surface area (Å²) in [7, 11) is 0. The lowest BCUT2D eigenvalue weighted by Crippen LogP contribution is -2.26. The van der Waals surface area contributed by atoms with Crippen molar-refractivity contribution in [1.29, 1.82) is 0 Å². The molecule has 1 aromatic carbocycles. The van der Waals surface area contributed by atoms with Crippen LogP contribution in [0.1, 0.15) is 6.42 Å². The fourth-order valence-corrected chi connectivity index (χ4v) is 2.44. The van der Waals surface area contributed by atoms with Gasteiger partial charge in [0, 0.05) is 19.2 Å². The Morgan fingerprint density at radius 1 is 1.26 bits per heavy atom. The molecule has 0 fully saturated rings. The number of aliphatic imine (C=N–C) groups is 1. The van der Waals surface area contributed by atoms with Crippen LogP contribution in [0.5, 0.6) is 0 Å². The van der Waals surface area contributed by atoms with Crippen molar-refractivity contribution in [2.45, 2.75) is 11.3 Å². The quantitative estimate of drug-likeness (QED) is 0.670. The zero-order valence-corrected chi connectivity index (χ0v) is 10.6. The van der Waals surface area contributed by atoms with Crippen molar-refractivity contribution >= 4 is 28.3 Å². The summed E-state index contributed by atoms with van der Waals surface area (Å²) < 4.78 is 0. The molecule has 8 nitrogen and oxygen atoms in total. The highest BCUT2D eigenvalue weighted by molar-refractivity contribution is 8.14. The number of hydrogen-bond donors (Lipinski definition) is 1. The van der Waals surface area contributed by atoms with Crippen LogP contribution in [0.2, 0.25) is 0 Å². The Hall–Kier alpha value is -2.16. The molecule has 19 heavy (non-hydrogen) atoms. The van der Waals surface area contributed by atoms with Gasteiger partial charge in [-0.15, -0.1) is 0 Å². The number of benzene rings is 1. The van der Waals surface area contributed by atoms with Gasteiger partial charge in [-0.2, -0.15) is 0 Å². The minimum atomic E-state index is -0.655. The molecule has 0 radical (unpaired) electrons. The summed E-state index contributed by atoms with van der Waals surface area (Å²) in [4.78, 5) is 24.8. The largest absolute Gasteiger partial charge is 0.365 e. The van der Waals surface area contributed by atoms with Gasteiger partial charge in [0.15, 0.2) is 5.17 Å². The summed E-state index contributed by atoms with van der Waals surface area (Å²) in [6.07, 6.45) is 0.923. The summed E-state index contributed by atoms with van der Waals surface area (Å²) in [6.45, 7) is 1.45. The predicted octanol–water partition coefficient (Wildman–Crippen LogP) is 1.94. The molecule has 1 heterocycles. The Kier molecular flexibility index (Phi) is 3.95. The Balaban J connectivity index is 2.31. The number of hydrogen-bond acceptors (Lipinski definition) is 7. The first-order valence-electron chi connectivity index (χ1n) is 5.47. The van der Waals surface area contributed by atoms with E-state index < -0.39 is 9.85 Å². The first-order chi connectivity index (χ1) is 9.08. The topological polar surface area (TPSA) is 111 Å². The van der Waals surface area contributed by atoms with Crippen molar-refractivity contribution in [3.05, 3.63) is 38.4 Å². The van der Waals surface area contributed by atoms with Crippen LogP contribution in [0.3, 0.4) is 0 Å². The molecule has 0 amide bonds. The normalized spacial score (nSPS) is 14.4. The van der Waals surface area contributed by atoms with E-state index in [9.17, 15) is 20.2 Å². The van der Waals surface area contributed by atoms with E-state index in [-0.39, 0.29) is 11.4 Å². The molecule has 9 heteroatoms. The molecule has 0 saturated heterocycles. The van der Waals surface area contributed by atoms with Crippen LogP contribution in [0.25, 0.3) is 0 Å². The number of thioether (sulfide) groups is 1. The van der Waals surface area contributed by atoms with Gasteiger partial charge in [0.25, 0.3) is 11.4 Å². The number of nitro benzene ring substituents is 2. The van der Waals surface area contributed by atoms with Crippen LogP contribution in [0.15, 0.2) is 28.1 Å². The van der Waals surface area contributed by atoms with Crippen LogP contribution in [0, 0.1) is 20.2 Å². The number of nitrogens with one attached hydrogen (secondary N) is 1. The maximum absolute atomic E-state index is 10.9. The van der Waals surface area contributed by atoms with Gasteiger partial charge in [-0.05, 0) is 24.2 Å². The molecule has 1 aliphatic rings. The zero-order valence-electron chi connectivity index (χ0n) is 9.74. The highest BCUT2D eigenvalue weighted by Crippen LogP contribution is 2.33. The maximum Gasteiger partial charge on any atom is 0.290 e. The van der Waals surface area contributed by atoms with Gasteiger partial charge < -0.3 is 5.32 Å². The van der Waals surface area contributed by atoms with Crippen LogP contribution in [-0.4, -0.2) is 28.1 Å². The number of nitro groups is 2. The first-order valence-corrected chi connectivity index (χ1v) is 6.28. The second-order valence-electron chi connectivity index (χ2n) is 3.74. The lowest BCUT2D eigenvalue weighted by Gasteiger charge is -2.13. The van der Waals surface area contributed by atoms with Crippen molar-refractivity contribution in [1.82, 2.24) is 5.32 Å². The molecule has 1 aromatic rings. The molecular weight excluding hydrogens is 272 g/mol. The Labute approximate surface area is 112 Å². The van der Waals surface area contributed by atoms with Gasteiger partial charge in [-0.25, -0.2) is 0 Å². The fraction of sp³-hybridized carbons (Fsp3) is 0.300. The standard InChI is InChI=1S/C10H10N4O4S/c15-13(16)7-2-3-9(8(6-7)14(17)18)19-10-11-4-1-5-12-10/h2-3,6H,1,4-5H2,(H,11,12). The predicted molar refractivity (Wildman–Crippen MR) is 70.5 cm³/mol. The van der Waals surface area contributed by atoms with Gasteiger partial charge >= 0.3 is 0 Å². The molecule has 0 saturated carbocycles. The number of amidine groups is 1. The van der Waals surface area contributed by atoms with E-state index in [1.165, 1.54) is 12.1 Å². The van der Waals surface area contributed by atoms with Crippen molar-refractivity contribution in [2.24, 2.45) is 4.99 Å². The van der Waals surface area contributed by atoms with Gasteiger partial charge in [-0.3, -0.25) is 25.2 Å². The maximum atomic E-state index is 10.9. The third kappa shape index (κ3) is 3.19. The van der Waals surface area contributed by atoms with E-state index in [0.717, 1.165) is 30.8 Å². The summed E-state index contributed by atoms with van der Waals surface area (Å²) in [5.74, 6) is 0. The van der Waals surface area contributed by atoms with Crippen molar-refractivity contribution < 1.29 is 9.85 Å². The molecule has 0 bridgehead atoms. The second-order valence-corrected chi connectivity index (χ2v) is 4.77. The van der Waals surface area contributed by atoms with Gasteiger partial charge in [0.05, 0.1) is 20.8 Å². The van der Waals surface area contributed by atoms with Crippen molar-refractivity contribution in [3.63, 3.8) is 0 Å². The van der Waals surface area contributed by atoms with E-state index in [2.05, 4.69) is 10.3 Å². The number of rotatable bonds is 3. The lowest BCUT2D eigenvalue weighted by molar-refractivity contribution is -0.396. The van der Waals surface area contributed by atoms with Crippen LogP contribution < -0.4 is 5.32 Å². The monoisotopic (exact) mass is 282 g/mol. The van der Waals surface area contributed by atoms with E-state index in [0.29, 0.717) is 16.6 Å². The summed E-state index contributed by atoms with van der Waals surface area (Å²) in [5.41, 5.74) is -0.580. The molecule has 1 aliphatic heterocycles. The Bertz CT molecular complexity index is 560. The molecule has 100 valence electrons. The Morgan fingerprint density at radius 2 is 2.05 bits per heavy atom.